The summed E-state index contributed by atoms with van der Waals surface area (Å²) in [6.45, 7) is 0.426. The van der Waals surface area contributed by atoms with Crippen LogP contribution in [-0.4, -0.2) is 27.8 Å². The Morgan fingerprint density at radius 3 is 2.61 bits per heavy atom. The van der Waals surface area contributed by atoms with Gasteiger partial charge >= 0.3 is 0 Å². The van der Waals surface area contributed by atoms with Crippen LogP contribution in [0.5, 0.6) is 5.75 Å². The second kappa shape index (κ2) is 9.08. The maximum atomic E-state index is 13.1. The Labute approximate surface area is 177 Å². The van der Waals surface area contributed by atoms with Gasteiger partial charge in [-0.3, -0.25) is 4.79 Å². The summed E-state index contributed by atoms with van der Waals surface area (Å²) < 4.78 is 24.8. The predicted octanol–water partition coefficient (Wildman–Crippen LogP) is 4.65. The van der Waals surface area contributed by atoms with Crippen LogP contribution < -0.4 is 10.1 Å². The molecule has 0 saturated heterocycles. The van der Waals surface area contributed by atoms with Gasteiger partial charge in [-0.2, -0.15) is 9.67 Å². The highest BCUT2D eigenvalue weighted by Gasteiger charge is 2.17. The number of carbonyl (C=O) groups excluding carboxylic acids is 1. The molecule has 31 heavy (non-hydrogen) atoms. The average Bonchev–Trinajstić information content (AvgIpc) is 3.47. The van der Waals surface area contributed by atoms with Gasteiger partial charge in [0.25, 0.3) is 5.91 Å². The van der Waals surface area contributed by atoms with Crippen molar-refractivity contribution in [3.05, 3.63) is 89.9 Å². The number of hydrogen-bond acceptors (Lipinski definition) is 6. The van der Waals surface area contributed by atoms with Crippen molar-refractivity contribution in [2.75, 3.05) is 12.4 Å². The number of carbonyl (C=O) groups is 1. The van der Waals surface area contributed by atoms with E-state index in [1.807, 2.05) is 24.3 Å². The summed E-state index contributed by atoms with van der Waals surface area (Å²) in [4.78, 5) is 17.2. The molecule has 0 spiro atoms. The van der Waals surface area contributed by atoms with Gasteiger partial charge in [0.2, 0.25) is 11.8 Å². The van der Waals surface area contributed by atoms with E-state index in [2.05, 4.69) is 15.4 Å². The van der Waals surface area contributed by atoms with E-state index in [1.165, 1.54) is 29.2 Å². The first-order chi connectivity index (χ1) is 15.1. The Bertz CT molecular complexity index is 1180. The molecule has 0 amide bonds. The second-order valence-electron chi connectivity index (χ2n) is 6.57. The van der Waals surface area contributed by atoms with Gasteiger partial charge in [0.05, 0.1) is 13.4 Å². The lowest BCUT2D eigenvalue weighted by Gasteiger charge is -2.07. The first kappa shape index (κ1) is 20.1. The summed E-state index contributed by atoms with van der Waals surface area (Å²) in [6.07, 6.45) is 4.45. The molecular weight excluding hydrogens is 399 g/mol. The van der Waals surface area contributed by atoms with Gasteiger partial charge in [0.15, 0.2) is 5.76 Å². The summed E-state index contributed by atoms with van der Waals surface area (Å²) in [5.41, 5.74) is 1.66. The number of nitrogens with zero attached hydrogens (tertiary/aromatic N) is 3. The van der Waals surface area contributed by atoms with E-state index in [0.29, 0.717) is 17.9 Å². The third kappa shape index (κ3) is 4.87. The maximum absolute atomic E-state index is 13.1. The lowest BCUT2D eigenvalue weighted by atomic mass is 10.2. The van der Waals surface area contributed by atoms with Crippen molar-refractivity contribution in [2.24, 2.45) is 0 Å². The summed E-state index contributed by atoms with van der Waals surface area (Å²) in [5.74, 6) is 1.01. The molecule has 0 fully saturated rings. The van der Waals surface area contributed by atoms with E-state index in [1.54, 1.807) is 37.5 Å². The second-order valence-corrected chi connectivity index (χ2v) is 6.57. The Kier molecular flexibility index (Phi) is 5.89. The fraction of sp³-hybridized carbons (Fsp3) is 0.0870. The van der Waals surface area contributed by atoms with E-state index in [9.17, 15) is 9.18 Å². The molecule has 0 aliphatic rings. The SMILES string of the molecule is COc1ccc(CNc2nc(-c3ccco3)nn2C(=O)C=Cc2ccc(F)cc2)cc1. The molecular formula is C23H19FN4O3. The molecule has 1 N–H and O–H groups in total. The zero-order valence-corrected chi connectivity index (χ0v) is 16.7. The van der Waals surface area contributed by atoms with E-state index in [-0.39, 0.29) is 17.6 Å². The van der Waals surface area contributed by atoms with Crippen molar-refractivity contribution in [1.29, 1.82) is 0 Å². The third-order valence-electron chi connectivity index (χ3n) is 4.46. The molecule has 156 valence electrons. The summed E-state index contributed by atoms with van der Waals surface area (Å²) in [7, 11) is 1.61. The minimum absolute atomic E-state index is 0.274. The highest BCUT2D eigenvalue weighted by Crippen LogP contribution is 2.19. The minimum atomic E-state index is -0.410. The van der Waals surface area contributed by atoms with Crippen molar-refractivity contribution in [1.82, 2.24) is 14.8 Å². The molecule has 0 aliphatic carbocycles. The monoisotopic (exact) mass is 418 g/mol. The molecule has 2 heterocycles. The number of ether oxygens (including phenoxy) is 1. The van der Waals surface area contributed by atoms with Gasteiger partial charge in [0, 0.05) is 12.6 Å². The first-order valence-electron chi connectivity index (χ1n) is 9.48. The van der Waals surface area contributed by atoms with Crippen LogP contribution in [0.3, 0.4) is 0 Å². The number of aromatic nitrogens is 3. The third-order valence-corrected chi connectivity index (χ3v) is 4.46. The number of allylic oxidation sites excluding steroid dienone is 1. The van der Waals surface area contributed by atoms with Gasteiger partial charge in [-0.1, -0.05) is 24.3 Å². The Morgan fingerprint density at radius 1 is 1.16 bits per heavy atom. The van der Waals surface area contributed by atoms with Gasteiger partial charge in [-0.05, 0) is 53.6 Å². The lowest BCUT2D eigenvalue weighted by molar-refractivity contribution is 0.0957. The molecule has 0 atom stereocenters. The summed E-state index contributed by atoms with van der Waals surface area (Å²) >= 11 is 0. The molecule has 7 nitrogen and oxygen atoms in total. The molecule has 0 aliphatic heterocycles. The van der Waals surface area contributed by atoms with Crippen LogP contribution >= 0.6 is 0 Å². The van der Waals surface area contributed by atoms with Crippen molar-refractivity contribution >= 4 is 17.9 Å². The first-order valence-corrected chi connectivity index (χ1v) is 9.48. The molecule has 2 aromatic heterocycles. The average molecular weight is 418 g/mol. The zero-order chi connectivity index (χ0) is 21.6. The molecule has 0 saturated carbocycles. The van der Waals surface area contributed by atoms with Crippen molar-refractivity contribution < 1.29 is 18.3 Å². The molecule has 4 aromatic rings. The zero-order valence-electron chi connectivity index (χ0n) is 16.7. The molecule has 0 unspecified atom stereocenters. The molecule has 8 heteroatoms. The number of benzene rings is 2. The standard InChI is InChI=1S/C23H19FN4O3/c1-30-19-11-6-17(7-12-19)15-25-23-26-22(20-3-2-14-31-20)27-28(23)21(29)13-8-16-4-9-18(24)10-5-16/h2-14H,15H2,1H3,(H,25,26,27). The Hall–Kier alpha value is -4.20. The topological polar surface area (TPSA) is 82.2 Å². The van der Waals surface area contributed by atoms with Gasteiger partial charge in [-0.25, -0.2) is 4.39 Å². The number of halogens is 1. The minimum Gasteiger partial charge on any atom is -0.497 e. The van der Waals surface area contributed by atoms with E-state index in [0.717, 1.165) is 11.3 Å². The van der Waals surface area contributed by atoms with E-state index < -0.39 is 5.91 Å². The van der Waals surface area contributed by atoms with Crippen LogP contribution in [-0.2, 0) is 6.54 Å². The Balaban J connectivity index is 1.57. The van der Waals surface area contributed by atoms with Crippen molar-refractivity contribution in [3.63, 3.8) is 0 Å². The van der Waals surface area contributed by atoms with Crippen LogP contribution in [0.15, 0.2) is 77.4 Å². The molecule has 0 radical (unpaired) electrons. The fourth-order valence-corrected chi connectivity index (χ4v) is 2.83. The molecule has 2 aromatic carbocycles. The molecule has 4 rings (SSSR count). The van der Waals surface area contributed by atoms with Crippen molar-refractivity contribution in [2.45, 2.75) is 6.54 Å². The largest absolute Gasteiger partial charge is 0.497 e. The number of hydrogen-bond donors (Lipinski definition) is 1. The number of methoxy groups -OCH3 is 1. The maximum Gasteiger partial charge on any atom is 0.274 e. The highest BCUT2D eigenvalue weighted by atomic mass is 19.1. The summed E-state index contributed by atoms with van der Waals surface area (Å²) in [5, 5.41) is 7.43. The number of furan rings is 1. The van der Waals surface area contributed by atoms with Crippen molar-refractivity contribution in [3.8, 4) is 17.3 Å². The van der Waals surface area contributed by atoms with Gasteiger partial charge in [-0.15, -0.1) is 5.10 Å². The number of anilines is 1. The Morgan fingerprint density at radius 2 is 1.94 bits per heavy atom. The summed E-state index contributed by atoms with van der Waals surface area (Å²) in [6, 6.07) is 16.8. The predicted molar refractivity (Wildman–Crippen MR) is 114 cm³/mol. The highest BCUT2D eigenvalue weighted by molar-refractivity contribution is 5.94. The van der Waals surface area contributed by atoms with Crippen LogP contribution in [0, 0.1) is 5.82 Å². The molecule has 0 bridgehead atoms. The lowest BCUT2D eigenvalue weighted by Crippen LogP contribution is -2.14. The quantitative estimate of drug-likeness (QED) is 0.440. The van der Waals surface area contributed by atoms with Crippen LogP contribution in [0.4, 0.5) is 10.3 Å². The normalized spacial score (nSPS) is 11.0. The number of nitrogens with one attached hydrogen (secondary N) is 1. The number of rotatable bonds is 7. The van der Waals surface area contributed by atoms with Gasteiger partial charge in [0.1, 0.15) is 11.6 Å². The van der Waals surface area contributed by atoms with E-state index in [4.69, 9.17) is 9.15 Å². The van der Waals surface area contributed by atoms with E-state index >= 15 is 0 Å². The fourth-order valence-electron chi connectivity index (χ4n) is 2.83. The van der Waals surface area contributed by atoms with Gasteiger partial charge < -0.3 is 14.5 Å². The van der Waals surface area contributed by atoms with Crippen LogP contribution in [0.25, 0.3) is 17.7 Å². The van der Waals surface area contributed by atoms with Crippen LogP contribution in [0.2, 0.25) is 0 Å². The smallest absolute Gasteiger partial charge is 0.274 e. The van der Waals surface area contributed by atoms with Crippen LogP contribution in [0.1, 0.15) is 15.9 Å².